The number of pyridine rings is 1. The van der Waals surface area contributed by atoms with Crippen molar-refractivity contribution in [3.63, 3.8) is 0 Å². The molecule has 0 saturated carbocycles. The van der Waals surface area contributed by atoms with Gasteiger partial charge in [-0.3, -0.25) is 19.3 Å². The van der Waals surface area contributed by atoms with E-state index in [2.05, 4.69) is 31.9 Å². The highest BCUT2D eigenvalue weighted by atomic mass is 16.2. The highest BCUT2D eigenvalue weighted by molar-refractivity contribution is 6.05. The summed E-state index contributed by atoms with van der Waals surface area (Å²) in [6, 6.07) is 3.78. The zero-order valence-electron chi connectivity index (χ0n) is 20.2. The third-order valence-electron chi connectivity index (χ3n) is 6.41. The van der Waals surface area contributed by atoms with E-state index in [1.807, 2.05) is 43.7 Å². The number of hydrogen-bond donors (Lipinski definition) is 2. The topological polar surface area (TPSA) is 104 Å². The van der Waals surface area contributed by atoms with Crippen LogP contribution in [-0.4, -0.2) is 74.5 Å². The monoisotopic (exact) mass is 478 g/mol. The number of piperidine rings is 1. The number of allylic oxidation sites excluding steroid dienone is 1. The lowest BCUT2D eigenvalue weighted by Crippen LogP contribution is -2.46. The second-order valence-corrected chi connectivity index (χ2v) is 8.51. The first-order valence-electron chi connectivity index (χ1n) is 11.7. The molecule has 0 radical (unpaired) electrons. The van der Waals surface area contributed by atoms with Gasteiger partial charge in [0, 0.05) is 77.6 Å². The van der Waals surface area contributed by atoms with E-state index in [1.165, 1.54) is 4.57 Å². The van der Waals surface area contributed by atoms with E-state index in [1.54, 1.807) is 35.4 Å². The van der Waals surface area contributed by atoms with Crippen LogP contribution in [0.4, 0.5) is 0 Å². The number of aliphatic imine (C=N–C) groups is 1. The highest BCUT2D eigenvalue weighted by Gasteiger charge is 2.28. The first-order valence-corrected chi connectivity index (χ1v) is 11.7. The van der Waals surface area contributed by atoms with Gasteiger partial charge < -0.3 is 24.7 Å². The lowest BCUT2D eigenvalue weighted by molar-refractivity contribution is 0.0661. The van der Waals surface area contributed by atoms with Crippen molar-refractivity contribution in [2.75, 3.05) is 27.2 Å². The zero-order chi connectivity index (χ0) is 24.8. The van der Waals surface area contributed by atoms with Crippen LogP contribution < -0.4 is 10.9 Å². The fourth-order valence-electron chi connectivity index (χ4n) is 4.46. The van der Waals surface area contributed by atoms with Crippen molar-refractivity contribution in [2.24, 2.45) is 4.99 Å². The van der Waals surface area contributed by atoms with Crippen LogP contribution in [0.2, 0.25) is 0 Å². The van der Waals surface area contributed by atoms with Crippen molar-refractivity contribution < 1.29 is 6.22 Å². The first-order chi connectivity index (χ1) is 17.0. The molecule has 1 aliphatic rings. The molecule has 4 rings (SSSR count). The Morgan fingerprint density at radius 2 is 2.20 bits per heavy atom. The molecule has 4 heterocycles. The number of carbonyl (C=O) groups is 1. The van der Waals surface area contributed by atoms with Crippen molar-refractivity contribution in [3.8, 4) is 0 Å². The summed E-state index contributed by atoms with van der Waals surface area (Å²) in [5.74, 6) is 0.859. The molecule has 1 fully saturated rings. The maximum Gasteiger partial charge on any atom is 0.275 e. The predicted molar refractivity (Wildman–Crippen MR) is 139 cm³/mol. The van der Waals surface area contributed by atoms with Crippen LogP contribution in [0.1, 0.15) is 24.6 Å². The minimum Gasteiger partial charge on any atom is -0.374 e. The number of aromatic nitrogens is 4. The number of fused-ring (bicyclic) bond motifs is 1. The Balaban J connectivity index is 0.00000361. The summed E-state index contributed by atoms with van der Waals surface area (Å²) in [6.45, 7) is 6.29. The predicted octanol–water partition coefficient (Wildman–Crippen LogP) is 2.28. The average Bonchev–Trinajstić information content (AvgIpc) is 3.58. The summed E-state index contributed by atoms with van der Waals surface area (Å²) in [7, 11) is 3.73. The van der Waals surface area contributed by atoms with Crippen LogP contribution in [-0.2, 0) is 13.1 Å². The van der Waals surface area contributed by atoms with Crippen molar-refractivity contribution in [1.29, 1.82) is 0 Å². The molecule has 35 heavy (non-hydrogen) atoms. The lowest BCUT2D eigenvalue weighted by Gasteiger charge is -2.38. The van der Waals surface area contributed by atoms with Gasteiger partial charge in [-0.2, -0.15) is 5.10 Å². The third kappa shape index (κ3) is 5.21. The van der Waals surface area contributed by atoms with Gasteiger partial charge in [0.25, 0.3) is 11.5 Å². The molecule has 0 unspecified atom stereocenters. The molecular formula is C25H34N8O2. The van der Waals surface area contributed by atoms with Gasteiger partial charge in [-0.05, 0) is 25.0 Å². The summed E-state index contributed by atoms with van der Waals surface area (Å²) in [4.78, 5) is 37.6. The van der Waals surface area contributed by atoms with Gasteiger partial charge in [-0.25, -0.2) is 0 Å². The molecule has 1 aliphatic heterocycles. The first kappa shape index (κ1) is 24.1. The van der Waals surface area contributed by atoms with Crippen LogP contribution in [0, 0.1) is 0 Å². The van der Waals surface area contributed by atoms with Gasteiger partial charge in [0.05, 0.1) is 18.3 Å². The number of amides is 1. The molecule has 186 valence electrons. The Kier molecular flexibility index (Phi) is 7.49. The molecule has 0 spiro atoms. The van der Waals surface area contributed by atoms with Gasteiger partial charge >= 0.3 is 0 Å². The third-order valence-corrected chi connectivity index (χ3v) is 6.41. The Hall–Kier alpha value is -4.08. The molecule has 0 aliphatic carbocycles. The van der Waals surface area contributed by atoms with E-state index in [0.717, 1.165) is 31.8 Å². The molecule has 1 amide bonds. The lowest BCUT2D eigenvalue weighted by atomic mass is 10.0. The van der Waals surface area contributed by atoms with Crippen molar-refractivity contribution in [1.82, 2.24) is 34.4 Å². The molecule has 10 heteroatoms. The van der Waals surface area contributed by atoms with E-state index < -0.39 is 0 Å². The van der Waals surface area contributed by atoms with E-state index >= 15 is 0 Å². The SMILES string of the molecule is C=CCn1cc(C(=O)N(C)C2CCN(/C(=C/N=CCn3cccn3)NC)CC2)c2cc[nH]c2c1=O.[HH]. The minimum atomic E-state index is -0.156. The number of hydrogen-bond acceptors (Lipinski definition) is 6. The van der Waals surface area contributed by atoms with Gasteiger partial charge in [-0.15, -0.1) is 6.58 Å². The Bertz CT molecular complexity index is 1280. The standard InChI is InChI=1S/C25H32N8O2.H2/c1-4-12-32-18-21(20-6-10-28-23(20)25(32)35)24(34)30(3)19-7-14-31(15-8-19)22(26-2)17-27-11-16-33-13-5-9-29-33;/h4-6,9-11,13,17-19,26,28H,1,7-8,12,14-16H2,2-3H3;1H/b22-17+,27-11?;. The van der Waals surface area contributed by atoms with E-state index in [4.69, 9.17) is 0 Å². The summed E-state index contributed by atoms with van der Waals surface area (Å²) in [5, 5.41) is 8.04. The van der Waals surface area contributed by atoms with E-state index in [9.17, 15) is 9.59 Å². The van der Waals surface area contributed by atoms with Gasteiger partial charge in [0.2, 0.25) is 0 Å². The fraction of sp³-hybridized carbons (Fsp3) is 0.360. The Morgan fingerprint density at radius 1 is 1.40 bits per heavy atom. The zero-order valence-corrected chi connectivity index (χ0v) is 20.2. The molecule has 0 atom stereocenters. The number of carbonyl (C=O) groups excluding carboxylic acids is 1. The average molecular weight is 479 g/mol. The quantitative estimate of drug-likeness (QED) is 0.363. The summed E-state index contributed by atoms with van der Waals surface area (Å²) in [6.07, 6.45) is 13.9. The normalized spacial score (nSPS) is 15.1. The van der Waals surface area contributed by atoms with Crippen LogP contribution in [0.15, 0.2) is 71.4 Å². The second-order valence-electron chi connectivity index (χ2n) is 8.51. The number of aromatic amines is 1. The van der Waals surface area contributed by atoms with Gasteiger partial charge in [-0.1, -0.05) is 6.08 Å². The highest BCUT2D eigenvalue weighted by Crippen LogP contribution is 2.22. The van der Waals surface area contributed by atoms with Crippen molar-refractivity contribution >= 4 is 23.0 Å². The molecular weight excluding hydrogens is 444 g/mol. The minimum absolute atomic E-state index is 0. The summed E-state index contributed by atoms with van der Waals surface area (Å²) in [5.41, 5.74) is 0.809. The Labute approximate surface area is 205 Å². The maximum atomic E-state index is 13.5. The largest absolute Gasteiger partial charge is 0.374 e. The van der Waals surface area contributed by atoms with Crippen molar-refractivity contribution in [2.45, 2.75) is 32.0 Å². The van der Waals surface area contributed by atoms with Crippen LogP contribution in [0.25, 0.3) is 10.9 Å². The van der Waals surface area contributed by atoms with Crippen molar-refractivity contribution in [3.05, 3.63) is 77.5 Å². The molecule has 2 N–H and O–H groups in total. The number of rotatable bonds is 9. The summed E-state index contributed by atoms with van der Waals surface area (Å²) < 4.78 is 3.33. The number of likely N-dealkylation sites (tertiary alicyclic amines) is 1. The molecule has 0 bridgehead atoms. The summed E-state index contributed by atoms with van der Waals surface area (Å²) >= 11 is 0. The number of H-pyrrole nitrogens is 1. The second kappa shape index (κ2) is 10.9. The van der Waals surface area contributed by atoms with Crippen LogP contribution >= 0.6 is 0 Å². The molecule has 10 nitrogen and oxygen atoms in total. The smallest absolute Gasteiger partial charge is 0.275 e. The molecule has 0 aromatic carbocycles. The molecule has 3 aromatic heterocycles. The van der Waals surface area contributed by atoms with Gasteiger partial charge in [0.1, 0.15) is 11.3 Å². The number of nitrogens with zero attached hydrogens (tertiary/aromatic N) is 6. The fourth-order valence-corrected chi connectivity index (χ4v) is 4.46. The molecule has 1 saturated heterocycles. The van der Waals surface area contributed by atoms with Crippen LogP contribution in [0.5, 0.6) is 0 Å². The van der Waals surface area contributed by atoms with Gasteiger partial charge in [0.15, 0.2) is 0 Å². The number of nitrogens with one attached hydrogen (secondary N) is 2. The maximum absolute atomic E-state index is 13.5. The van der Waals surface area contributed by atoms with E-state index in [-0.39, 0.29) is 18.9 Å². The Morgan fingerprint density at radius 3 is 2.89 bits per heavy atom. The molecule has 3 aromatic rings. The van der Waals surface area contributed by atoms with E-state index in [0.29, 0.717) is 29.6 Å². The van der Waals surface area contributed by atoms with Crippen LogP contribution in [0.3, 0.4) is 0 Å².